The van der Waals surface area contributed by atoms with Gasteiger partial charge in [0.2, 0.25) is 0 Å². The third-order valence-corrected chi connectivity index (χ3v) is 4.44. The maximum Gasteiger partial charge on any atom is 0.315 e. The fourth-order valence-corrected chi connectivity index (χ4v) is 3.23. The first-order valence-corrected chi connectivity index (χ1v) is 7.53. The van der Waals surface area contributed by atoms with E-state index in [2.05, 4.69) is 16.0 Å². The van der Waals surface area contributed by atoms with E-state index in [0.29, 0.717) is 19.5 Å². The number of aryl methyl sites for hydroxylation is 1. The van der Waals surface area contributed by atoms with E-state index in [1.807, 2.05) is 49.5 Å². The van der Waals surface area contributed by atoms with Crippen LogP contribution in [0.2, 0.25) is 0 Å². The Morgan fingerprint density at radius 1 is 1.32 bits per heavy atom. The molecule has 0 aliphatic carbocycles. The van der Waals surface area contributed by atoms with Crippen LogP contribution in [-0.2, 0) is 16.8 Å². The van der Waals surface area contributed by atoms with Crippen LogP contribution in [0.4, 0.5) is 0 Å². The molecule has 3 rings (SSSR count). The molecule has 1 fully saturated rings. The van der Waals surface area contributed by atoms with Crippen molar-refractivity contribution in [3.05, 3.63) is 65.5 Å². The van der Waals surface area contributed by atoms with Crippen molar-refractivity contribution in [2.24, 2.45) is 0 Å². The van der Waals surface area contributed by atoms with Gasteiger partial charge in [-0.3, -0.25) is 14.7 Å². The number of carboxylic acid groups (broad SMARTS) is 1. The van der Waals surface area contributed by atoms with Crippen LogP contribution in [-0.4, -0.2) is 34.0 Å². The molecule has 0 spiro atoms. The number of carboxylic acids is 1. The van der Waals surface area contributed by atoms with Crippen molar-refractivity contribution in [2.75, 3.05) is 13.1 Å². The molecule has 2 heterocycles. The highest BCUT2D eigenvalue weighted by Gasteiger charge is 2.46. The zero-order chi connectivity index (χ0) is 15.6. The van der Waals surface area contributed by atoms with Crippen LogP contribution in [0.5, 0.6) is 0 Å². The van der Waals surface area contributed by atoms with Crippen LogP contribution >= 0.6 is 0 Å². The number of aliphatic carboxylic acids is 1. The smallest absolute Gasteiger partial charge is 0.315 e. The minimum atomic E-state index is -0.801. The van der Waals surface area contributed by atoms with Crippen LogP contribution in [0.25, 0.3) is 0 Å². The number of rotatable bonds is 4. The van der Waals surface area contributed by atoms with Gasteiger partial charge in [-0.15, -0.1) is 0 Å². The Labute approximate surface area is 130 Å². The third-order valence-electron chi connectivity index (χ3n) is 4.44. The monoisotopic (exact) mass is 296 g/mol. The number of aromatic nitrogens is 1. The molecular formula is C18H20N2O2. The number of hydrogen-bond acceptors (Lipinski definition) is 3. The summed E-state index contributed by atoms with van der Waals surface area (Å²) in [6.07, 6.45) is 2.44. The second kappa shape index (κ2) is 5.89. The Balaban J connectivity index is 1.81. The van der Waals surface area contributed by atoms with Crippen molar-refractivity contribution < 1.29 is 9.90 Å². The second-order valence-electron chi connectivity index (χ2n) is 6.04. The number of pyridine rings is 1. The van der Waals surface area contributed by atoms with E-state index in [9.17, 15) is 9.90 Å². The molecule has 4 nitrogen and oxygen atoms in total. The van der Waals surface area contributed by atoms with Crippen molar-refractivity contribution in [2.45, 2.75) is 25.3 Å². The van der Waals surface area contributed by atoms with Gasteiger partial charge in [0, 0.05) is 25.8 Å². The fraction of sp³-hybridized carbons (Fsp3) is 0.333. The predicted octanol–water partition coefficient (Wildman–Crippen LogP) is 2.62. The van der Waals surface area contributed by atoms with Gasteiger partial charge in [-0.1, -0.05) is 30.3 Å². The summed E-state index contributed by atoms with van der Waals surface area (Å²) in [5.74, 6) is -0.738. The van der Waals surface area contributed by atoms with Crippen LogP contribution in [0.3, 0.4) is 0 Å². The predicted molar refractivity (Wildman–Crippen MR) is 84.6 cm³/mol. The Bertz CT molecular complexity index is 672. The molecule has 1 aromatic heterocycles. The molecule has 0 radical (unpaired) electrons. The molecule has 2 aromatic rings. The Morgan fingerprint density at radius 2 is 2.09 bits per heavy atom. The number of benzene rings is 1. The highest BCUT2D eigenvalue weighted by atomic mass is 16.4. The summed E-state index contributed by atoms with van der Waals surface area (Å²) in [5, 5.41) is 9.80. The lowest BCUT2D eigenvalue weighted by atomic mass is 9.80. The maximum absolute atomic E-state index is 11.9. The normalized spacial score (nSPS) is 21.9. The van der Waals surface area contributed by atoms with Gasteiger partial charge in [0.05, 0.1) is 5.69 Å². The highest BCUT2D eigenvalue weighted by Crippen LogP contribution is 2.35. The molecular weight excluding hydrogens is 276 g/mol. The molecule has 1 N–H and O–H groups in total. The van der Waals surface area contributed by atoms with Crippen molar-refractivity contribution in [3.63, 3.8) is 0 Å². The summed E-state index contributed by atoms with van der Waals surface area (Å²) < 4.78 is 0. The molecule has 4 heteroatoms. The number of carbonyl (C=O) groups is 1. The Hall–Kier alpha value is -2.20. The molecule has 114 valence electrons. The molecule has 1 saturated heterocycles. The van der Waals surface area contributed by atoms with Gasteiger partial charge in [0.25, 0.3) is 0 Å². The van der Waals surface area contributed by atoms with E-state index >= 15 is 0 Å². The van der Waals surface area contributed by atoms with Gasteiger partial charge in [0.1, 0.15) is 5.41 Å². The van der Waals surface area contributed by atoms with Crippen molar-refractivity contribution in [3.8, 4) is 0 Å². The van der Waals surface area contributed by atoms with E-state index in [0.717, 1.165) is 17.8 Å². The van der Waals surface area contributed by atoms with Crippen LogP contribution in [0.1, 0.15) is 23.2 Å². The van der Waals surface area contributed by atoms with E-state index in [4.69, 9.17) is 0 Å². The summed E-state index contributed by atoms with van der Waals surface area (Å²) in [4.78, 5) is 18.5. The molecule has 0 bridgehead atoms. The molecule has 1 atom stereocenters. The Kier molecular flexibility index (Phi) is 3.94. The largest absolute Gasteiger partial charge is 0.481 e. The number of likely N-dealkylation sites (tertiary alicyclic amines) is 1. The minimum Gasteiger partial charge on any atom is -0.481 e. The summed E-state index contributed by atoms with van der Waals surface area (Å²) in [6, 6.07) is 13.6. The summed E-state index contributed by atoms with van der Waals surface area (Å²) in [7, 11) is 0. The first-order valence-electron chi connectivity index (χ1n) is 7.53. The van der Waals surface area contributed by atoms with Gasteiger partial charge in [-0.2, -0.15) is 0 Å². The zero-order valence-electron chi connectivity index (χ0n) is 12.7. The van der Waals surface area contributed by atoms with E-state index in [1.165, 1.54) is 5.56 Å². The number of hydrogen-bond donors (Lipinski definition) is 1. The lowest BCUT2D eigenvalue weighted by Crippen LogP contribution is -2.38. The quantitative estimate of drug-likeness (QED) is 0.942. The van der Waals surface area contributed by atoms with E-state index in [1.54, 1.807) is 0 Å². The first-order chi connectivity index (χ1) is 10.6. The van der Waals surface area contributed by atoms with Crippen LogP contribution in [0.15, 0.2) is 48.7 Å². The van der Waals surface area contributed by atoms with Crippen molar-refractivity contribution >= 4 is 5.97 Å². The first kappa shape index (κ1) is 14.7. The van der Waals surface area contributed by atoms with Crippen LogP contribution < -0.4 is 0 Å². The maximum atomic E-state index is 11.9. The molecule has 1 aliphatic heterocycles. The van der Waals surface area contributed by atoms with E-state index < -0.39 is 11.4 Å². The molecule has 1 unspecified atom stereocenters. The average molecular weight is 296 g/mol. The lowest BCUT2D eigenvalue weighted by Gasteiger charge is -2.25. The average Bonchev–Trinajstić information content (AvgIpc) is 2.93. The van der Waals surface area contributed by atoms with Gasteiger partial charge in [-0.25, -0.2) is 0 Å². The van der Waals surface area contributed by atoms with Gasteiger partial charge >= 0.3 is 5.97 Å². The highest BCUT2D eigenvalue weighted by molar-refractivity contribution is 5.82. The third kappa shape index (κ3) is 2.74. The molecule has 0 amide bonds. The fourth-order valence-electron chi connectivity index (χ4n) is 3.23. The molecule has 22 heavy (non-hydrogen) atoms. The summed E-state index contributed by atoms with van der Waals surface area (Å²) >= 11 is 0. The lowest BCUT2D eigenvalue weighted by molar-refractivity contribution is -0.143. The second-order valence-corrected chi connectivity index (χ2v) is 6.04. The topological polar surface area (TPSA) is 53.4 Å². The Morgan fingerprint density at radius 3 is 2.77 bits per heavy atom. The van der Waals surface area contributed by atoms with Gasteiger partial charge < -0.3 is 5.11 Å². The minimum absolute atomic E-state index is 0.530. The SMILES string of the molecule is Cc1ccnc(CN2CCC(C(=O)O)(c3ccccc3)C2)c1. The van der Waals surface area contributed by atoms with Crippen molar-refractivity contribution in [1.82, 2.24) is 9.88 Å². The molecule has 1 aliphatic rings. The summed E-state index contributed by atoms with van der Waals surface area (Å²) in [5.41, 5.74) is 2.26. The number of nitrogens with zero attached hydrogens (tertiary/aromatic N) is 2. The van der Waals surface area contributed by atoms with E-state index in [-0.39, 0.29) is 0 Å². The van der Waals surface area contributed by atoms with Gasteiger partial charge in [-0.05, 0) is 36.6 Å². The van der Waals surface area contributed by atoms with Gasteiger partial charge in [0.15, 0.2) is 0 Å². The zero-order valence-corrected chi connectivity index (χ0v) is 12.7. The summed E-state index contributed by atoms with van der Waals surface area (Å²) in [6.45, 7) is 4.04. The van der Waals surface area contributed by atoms with Crippen molar-refractivity contribution in [1.29, 1.82) is 0 Å². The molecule has 1 aromatic carbocycles. The van der Waals surface area contributed by atoms with Crippen LogP contribution in [0, 0.1) is 6.92 Å². The molecule has 0 saturated carbocycles. The standard InChI is InChI=1S/C18H20N2O2/c1-14-7-9-19-16(11-14)12-20-10-8-18(13-20,17(21)22)15-5-3-2-4-6-15/h2-7,9,11H,8,10,12-13H2,1H3,(H,21,22).